The van der Waals surface area contributed by atoms with E-state index in [4.69, 9.17) is 11.5 Å². The van der Waals surface area contributed by atoms with Crippen LogP contribution < -0.4 is 0 Å². The van der Waals surface area contributed by atoms with Crippen molar-refractivity contribution >= 4 is 5.97 Å². The van der Waals surface area contributed by atoms with E-state index in [1.807, 2.05) is 30.3 Å². The number of hydrogen-bond acceptors (Lipinski definition) is 2. The summed E-state index contributed by atoms with van der Waals surface area (Å²) in [5, 5.41) is 13.5. The van der Waals surface area contributed by atoms with E-state index in [1.165, 1.54) is 0 Å². The smallest absolute Gasteiger partial charge is 0.335 e. The SMILES string of the molecule is C#Cc1cccc(-c2ccn(-c3cccc(C(=O)O)c3)n2)c1. The highest BCUT2D eigenvalue weighted by molar-refractivity contribution is 5.88. The van der Waals surface area contributed by atoms with E-state index in [0.717, 1.165) is 16.8 Å². The number of hydrogen-bond donors (Lipinski definition) is 1. The number of carbonyl (C=O) groups is 1. The molecule has 1 aromatic heterocycles. The minimum Gasteiger partial charge on any atom is -0.478 e. The zero-order chi connectivity index (χ0) is 15.5. The standard InChI is InChI=1S/C18H12N2O2/c1-2-13-5-3-6-14(11-13)17-9-10-20(19-17)16-8-4-7-15(12-16)18(21)22/h1,3-12H,(H,21,22). The topological polar surface area (TPSA) is 55.1 Å². The molecular weight excluding hydrogens is 276 g/mol. The first-order chi connectivity index (χ1) is 10.7. The highest BCUT2D eigenvalue weighted by Gasteiger charge is 2.07. The molecule has 0 spiro atoms. The fourth-order valence-corrected chi connectivity index (χ4v) is 2.17. The van der Waals surface area contributed by atoms with E-state index in [1.54, 1.807) is 35.1 Å². The number of aromatic nitrogens is 2. The Morgan fingerprint density at radius 1 is 1.14 bits per heavy atom. The zero-order valence-electron chi connectivity index (χ0n) is 11.6. The lowest BCUT2D eigenvalue weighted by atomic mass is 10.1. The summed E-state index contributed by atoms with van der Waals surface area (Å²) in [6.45, 7) is 0. The maximum absolute atomic E-state index is 11.0. The quantitative estimate of drug-likeness (QED) is 0.753. The first-order valence-electron chi connectivity index (χ1n) is 6.64. The third-order valence-electron chi connectivity index (χ3n) is 3.27. The molecule has 0 saturated heterocycles. The molecule has 0 aliphatic rings. The van der Waals surface area contributed by atoms with Crippen molar-refractivity contribution < 1.29 is 9.90 Å². The van der Waals surface area contributed by atoms with Crippen molar-refractivity contribution in [2.24, 2.45) is 0 Å². The molecule has 3 aromatic rings. The van der Waals surface area contributed by atoms with Gasteiger partial charge in [-0.05, 0) is 36.4 Å². The lowest BCUT2D eigenvalue weighted by Crippen LogP contribution is -2.00. The van der Waals surface area contributed by atoms with E-state index >= 15 is 0 Å². The van der Waals surface area contributed by atoms with Crippen LogP contribution in [0.4, 0.5) is 0 Å². The van der Waals surface area contributed by atoms with Crippen LogP contribution >= 0.6 is 0 Å². The molecule has 0 amide bonds. The Bertz CT molecular complexity index is 888. The number of benzene rings is 2. The summed E-state index contributed by atoms with van der Waals surface area (Å²) in [5.41, 5.74) is 3.41. The van der Waals surface area contributed by atoms with Gasteiger partial charge in [0, 0.05) is 17.3 Å². The largest absolute Gasteiger partial charge is 0.478 e. The Morgan fingerprint density at radius 3 is 2.73 bits per heavy atom. The predicted octanol–water partition coefficient (Wildman–Crippen LogP) is 3.22. The molecular formula is C18H12N2O2. The van der Waals surface area contributed by atoms with Crippen molar-refractivity contribution in [1.82, 2.24) is 9.78 Å². The van der Waals surface area contributed by atoms with Gasteiger partial charge in [-0.2, -0.15) is 5.10 Å². The van der Waals surface area contributed by atoms with E-state index in [0.29, 0.717) is 5.69 Å². The molecule has 0 aliphatic carbocycles. The lowest BCUT2D eigenvalue weighted by molar-refractivity contribution is 0.0697. The monoisotopic (exact) mass is 288 g/mol. The predicted molar refractivity (Wildman–Crippen MR) is 83.9 cm³/mol. The van der Waals surface area contributed by atoms with Crippen LogP contribution in [0.25, 0.3) is 16.9 Å². The summed E-state index contributed by atoms with van der Waals surface area (Å²) >= 11 is 0. The second-order valence-electron chi connectivity index (χ2n) is 4.73. The lowest BCUT2D eigenvalue weighted by Gasteiger charge is -2.03. The minimum atomic E-state index is -0.962. The third kappa shape index (κ3) is 2.60. The van der Waals surface area contributed by atoms with Crippen molar-refractivity contribution in [3.63, 3.8) is 0 Å². The molecule has 0 unspecified atom stereocenters. The van der Waals surface area contributed by atoms with Crippen molar-refractivity contribution in [3.8, 4) is 29.3 Å². The van der Waals surface area contributed by atoms with Gasteiger partial charge in [-0.3, -0.25) is 0 Å². The van der Waals surface area contributed by atoms with Gasteiger partial charge >= 0.3 is 5.97 Å². The average molecular weight is 288 g/mol. The van der Waals surface area contributed by atoms with E-state index < -0.39 is 5.97 Å². The van der Waals surface area contributed by atoms with Crippen molar-refractivity contribution in [1.29, 1.82) is 0 Å². The van der Waals surface area contributed by atoms with Crippen molar-refractivity contribution in [2.75, 3.05) is 0 Å². The Hall–Kier alpha value is -3.32. The number of terminal acetylenes is 1. The second-order valence-corrected chi connectivity index (χ2v) is 4.73. The number of carboxylic acid groups (broad SMARTS) is 1. The average Bonchev–Trinajstić information content (AvgIpc) is 3.05. The summed E-state index contributed by atoms with van der Waals surface area (Å²) in [7, 11) is 0. The van der Waals surface area contributed by atoms with Crippen LogP contribution in [0.3, 0.4) is 0 Å². The molecule has 0 fully saturated rings. The minimum absolute atomic E-state index is 0.226. The molecule has 2 aromatic carbocycles. The van der Waals surface area contributed by atoms with E-state index in [-0.39, 0.29) is 5.56 Å². The van der Waals surface area contributed by atoms with E-state index in [9.17, 15) is 4.79 Å². The zero-order valence-corrected chi connectivity index (χ0v) is 11.6. The molecule has 0 aliphatic heterocycles. The molecule has 0 bridgehead atoms. The third-order valence-corrected chi connectivity index (χ3v) is 3.27. The van der Waals surface area contributed by atoms with Gasteiger partial charge in [-0.15, -0.1) is 6.42 Å². The summed E-state index contributed by atoms with van der Waals surface area (Å²) in [4.78, 5) is 11.0. The number of nitrogens with zero attached hydrogens (tertiary/aromatic N) is 2. The maximum atomic E-state index is 11.0. The van der Waals surface area contributed by atoms with Gasteiger partial charge in [0.1, 0.15) is 0 Å². The van der Waals surface area contributed by atoms with Gasteiger partial charge in [0.05, 0.1) is 16.9 Å². The van der Waals surface area contributed by atoms with Crippen LogP contribution in [0.15, 0.2) is 60.8 Å². The molecule has 1 heterocycles. The Kier molecular flexibility index (Phi) is 3.47. The van der Waals surface area contributed by atoms with Crippen LogP contribution in [0.5, 0.6) is 0 Å². The first kappa shape index (κ1) is 13.7. The summed E-state index contributed by atoms with van der Waals surface area (Å²) in [6, 6.07) is 16.1. The summed E-state index contributed by atoms with van der Waals surface area (Å²) < 4.78 is 1.64. The molecule has 22 heavy (non-hydrogen) atoms. The van der Waals surface area contributed by atoms with Gasteiger partial charge in [0.15, 0.2) is 0 Å². The number of aromatic carboxylic acids is 1. The van der Waals surface area contributed by atoms with Gasteiger partial charge in [0.25, 0.3) is 0 Å². The summed E-state index contributed by atoms with van der Waals surface area (Å²) in [5.74, 6) is 1.63. The van der Waals surface area contributed by atoms with Crippen LogP contribution in [0, 0.1) is 12.3 Å². The number of carboxylic acids is 1. The van der Waals surface area contributed by atoms with Crippen LogP contribution in [-0.2, 0) is 0 Å². The molecule has 3 rings (SSSR count). The molecule has 0 atom stereocenters. The molecule has 0 radical (unpaired) electrons. The molecule has 4 heteroatoms. The van der Waals surface area contributed by atoms with Gasteiger partial charge in [-0.25, -0.2) is 9.48 Å². The van der Waals surface area contributed by atoms with Gasteiger partial charge in [0.2, 0.25) is 0 Å². The maximum Gasteiger partial charge on any atom is 0.335 e. The van der Waals surface area contributed by atoms with Crippen LogP contribution in [0.2, 0.25) is 0 Å². The van der Waals surface area contributed by atoms with Crippen LogP contribution in [0.1, 0.15) is 15.9 Å². The van der Waals surface area contributed by atoms with Gasteiger partial charge < -0.3 is 5.11 Å². The second kappa shape index (κ2) is 5.58. The Labute approximate surface area is 127 Å². The van der Waals surface area contributed by atoms with Crippen molar-refractivity contribution in [3.05, 3.63) is 71.9 Å². The Balaban J connectivity index is 1.99. The highest BCUT2D eigenvalue weighted by Crippen LogP contribution is 2.20. The highest BCUT2D eigenvalue weighted by atomic mass is 16.4. The normalized spacial score (nSPS) is 10.1. The molecule has 0 saturated carbocycles. The number of rotatable bonds is 3. The van der Waals surface area contributed by atoms with Gasteiger partial charge in [-0.1, -0.05) is 24.1 Å². The fourth-order valence-electron chi connectivity index (χ4n) is 2.17. The molecule has 4 nitrogen and oxygen atoms in total. The van der Waals surface area contributed by atoms with Crippen LogP contribution in [-0.4, -0.2) is 20.9 Å². The van der Waals surface area contributed by atoms with E-state index in [2.05, 4.69) is 11.0 Å². The Morgan fingerprint density at radius 2 is 1.95 bits per heavy atom. The first-order valence-corrected chi connectivity index (χ1v) is 6.64. The molecule has 106 valence electrons. The fraction of sp³-hybridized carbons (Fsp3) is 0. The van der Waals surface area contributed by atoms with Crippen molar-refractivity contribution in [2.45, 2.75) is 0 Å². The summed E-state index contributed by atoms with van der Waals surface area (Å²) in [6.07, 6.45) is 7.20. The molecule has 1 N–H and O–H groups in total.